The minimum absolute atomic E-state index is 0.0103. The third-order valence-corrected chi connectivity index (χ3v) is 6.27. The van der Waals surface area contributed by atoms with Gasteiger partial charge in [0.2, 0.25) is 0 Å². The van der Waals surface area contributed by atoms with E-state index in [0.717, 1.165) is 33.0 Å². The van der Waals surface area contributed by atoms with E-state index in [2.05, 4.69) is 68.7 Å². The summed E-state index contributed by atoms with van der Waals surface area (Å²) in [5.74, 6) is 1.46. The molecule has 1 heterocycles. The molecule has 0 fully saturated rings. The Morgan fingerprint density at radius 3 is 2.62 bits per heavy atom. The summed E-state index contributed by atoms with van der Waals surface area (Å²) >= 11 is 3.47. The highest BCUT2D eigenvalue weighted by Gasteiger charge is 2.17. The van der Waals surface area contributed by atoms with E-state index in [1.165, 1.54) is 4.68 Å². The number of hydrogen-bond acceptors (Lipinski definition) is 4. The van der Waals surface area contributed by atoms with Gasteiger partial charge in [-0.15, -0.1) is 0 Å². The first-order valence-corrected chi connectivity index (χ1v) is 12.4. The van der Waals surface area contributed by atoms with Gasteiger partial charge in [-0.2, -0.15) is 9.78 Å². The van der Waals surface area contributed by atoms with Gasteiger partial charge in [0, 0.05) is 16.0 Å². The highest BCUT2D eigenvalue weighted by Crippen LogP contribution is 2.29. The van der Waals surface area contributed by atoms with Gasteiger partial charge in [-0.1, -0.05) is 80.9 Å². The second-order valence-corrected chi connectivity index (χ2v) is 10.8. The molecule has 4 aromatic rings. The van der Waals surface area contributed by atoms with Gasteiger partial charge in [-0.3, -0.25) is 4.79 Å². The normalized spacial score (nSPS) is 13.1. The largest absolute Gasteiger partial charge is 0.492 e. The third-order valence-electron chi connectivity index (χ3n) is 5.78. The quantitative estimate of drug-likeness (QED) is 0.254. The molecule has 0 aliphatic heterocycles. The highest BCUT2D eigenvalue weighted by atomic mass is 79.9. The predicted octanol–water partition coefficient (Wildman–Crippen LogP) is 7.13. The average molecular weight is 520 g/mol. The summed E-state index contributed by atoms with van der Waals surface area (Å²) in [5.41, 5.74) is 1.35. The zero-order valence-electron chi connectivity index (χ0n) is 20.3. The molecule has 1 atom stereocenters. The molecule has 6 heteroatoms. The van der Waals surface area contributed by atoms with Crippen molar-refractivity contribution < 1.29 is 4.74 Å². The summed E-state index contributed by atoms with van der Waals surface area (Å²) < 4.78 is 8.49. The first-order valence-electron chi connectivity index (χ1n) is 11.6. The van der Waals surface area contributed by atoms with E-state index < -0.39 is 0 Å². The Hall–Kier alpha value is -2.99. The summed E-state index contributed by atoms with van der Waals surface area (Å²) in [6, 6.07) is 17.7. The minimum atomic E-state index is -0.185. The molecule has 1 aromatic heterocycles. The molecule has 34 heavy (non-hydrogen) atoms. The fourth-order valence-corrected chi connectivity index (χ4v) is 4.08. The molecular formula is C28H30BrN3O2. The van der Waals surface area contributed by atoms with Crippen LogP contribution in [0.2, 0.25) is 0 Å². The molecule has 0 saturated carbocycles. The van der Waals surface area contributed by atoms with E-state index in [-0.39, 0.29) is 16.9 Å². The molecule has 0 unspecified atom stereocenters. The van der Waals surface area contributed by atoms with Gasteiger partial charge >= 0.3 is 0 Å². The van der Waals surface area contributed by atoms with E-state index in [9.17, 15) is 4.79 Å². The van der Waals surface area contributed by atoms with Crippen molar-refractivity contribution in [3.8, 4) is 5.75 Å². The minimum Gasteiger partial charge on any atom is -0.492 e. The molecule has 0 bridgehead atoms. The Labute approximate surface area is 208 Å². The van der Waals surface area contributed by atoms with E-state index in [4.69, 9.17) is 14.8 Å². The molecule has 0 saturated heterocycles. The maximum absolute atomic E-state index is 13.5. The molecule has 0 radical (unpaired) electrons. The lowest BCUT2D eigenvalue weighted by Gasteiger charge is -2.20. The lowest BCUT2D eigenvalue weighted by atomic mass is 9.98. The number of aromatic nitrogens is 2. The van der Waals surface area contributed by atoms with E-state index in [1.54, 1.807) is 12.3 Å². The summed E-state index contributed by atoms with van der Waals surface area (Å²) in [6.07, 6.45) is 2.58. The molecule has 0 amide bonds. The van der Waals surface area contributed by atoms with Crippen molar-refractivity contribution in [3.63, 3.8) is 0 Å². The number of rotatable bonds is 6. The van der Waals surface area contributed by atoms with Crippen LogP contribution in [0.25, 0.3) is 21.7 Å². The molecule has 0 N–H and O–H groups in total. The predicted molar refractivity (Wildman–Crippen MR) is 144 cm³/mol. The standard InChI is InChI=1S/C28H30BrN3O2/c1-6-18(2)26-31-24-13-12-20(29)15-22(24)27(33)32(26)30-16-23-21-10-8-7-9-19(21)11-14-25(23)34-17-28(3,4)5/h7-16,18H,6,17H2,1-5H3/t18-/m1/s1. The zero-order chi connectivity index (χ0) is 24.5. The molecule has 3 aromatic carbocycles. The van der Waals surface area contributed by atoms with Crippen LogP contribution in [0.4, 0.5) is 0 Å². The van der Waals surface area contributed by atoms with Crippen molar-refractivity contribution in [2.24, 2.45) is 10.5 Å². The number of benzene rings is 3. The maximum Gasteiger partial charge on any atom is 0.282 e. The van der Waals surface area contributed by atoms with Gasteiger partial charge < -0.3 is 4.74 Å². The summed E-state index contributed by atoms with van der Waals surface area (Å²) in [5, 5.41) is 7.34. The summed E-state index contributed by atoms with van der Waals surface area (Å²) in [4.78, 5) is 18.3. The Morgan fingerprint density at radius 2 is 1.88 bits per heavy atom. The van der Waals surface area contributed by atoms with Crippen molar-refractivity contribution in [3.05, 3.63) is 80.8 Å². The second-order valence-electron chi connectivity index (χ2n) is 9.85. The molecule has 5 nitrogen and oxygen atoms in total. The molecule has 0 aliphatic carbocycles. The Kier molecular flexibility index (Phi) is 6.89. The Balaban J connectivity index is 1.91. The number of hydrogen-bond donors (Lipinski definition) is 0. The Bertz CT molecular complexity index is 1430. The Morgan fingerprint density at radius 1 is 1.12 bits per heavy atom. The molecule has 176 valence electrons. The fraction of sp³-hybridized carbons (Fsp3) is 0.321. The van der Waals surface area contributed by atoms with Crippen LogP contribution in [-0.2, 0) is 0 Å². The summed E-state index contributed by atoms with van der Waals surface area (Å²) in [6.45, 7) is 11.1. The van der Waals surface area contributed by atoms with Crippen molar-refractivity contribution in [2.45, 2.75) is 47.0 Å². The summed E-state index contributed by atoms with van der Waals surface area (Å²) in [7, 11) is 0. The van der Waals surface area contributed by atoms with Crippen molar-refractivity contribution in [2.75, 3.05) is 6.61 Å². The lowest BCUT2D eigenvalue weighted by Crippen LogP contribution is -2.24. The molecule has 0 aliphatic rings. The van der Waals surface area contributed by atoms with Gasteiger partial charge in [0.05, 0.1) is 23.7 Å². The zero-order valence-corrected chi connectivity index (χ0v) is 21.9. The lowest BCUT2D eigenvalue weighted by molar-refractivity contribution is 0.198. The van der Waals surface area contributed by atoms with E-state index >= 15 is 0 Å². The van der Waals surface area contributed by atoms with Crippen LogP contribution >= 0.6 is 15.9 Å². The van der Waals surface area contributed by atoms with Gasteiger partial charge in [0.15, 0.2) is 0 Å². The van der Waals surface area contributed by atoms with Gasteiger partial charge in [-0.05, 0) is 46.9 Å². The van der Waals surface area contributed by atoms with Gasteiger partial charge in [0.1, 0.15) is 11.6 Å². The van der Waals surface area contributed by atoms with E-state index in [0.29, 0.717) is 23.3 Å². The smallest absolute Gasteiger partial charge is 0.282 e. The van der Waals surface area contributed by atoms with E-state index in [1.807, 2.05) is 30.3 Å². The van der Waals surface area contributed by atoms with Crippen LogP contribution in [0, 0.1) is 5.41 Å². The van der Waals surface area contributed by atoms with Crippen LogP contribution in [0.1, 0.15) is 58.3 Å². The highest BCUT2D eigenvalue weighted by molar-refractivity contribution is 9.10. The average Bonchev–Trinajstić information content (AvgIpc) is 2.81. The SMILES string of the molecule is CC[C@@H](C)c1nc2ccc(Br)cc2c(=O)n1N=Cc1c(OCC(C)(C)C)ccc2ccccc12. The van der Waals surface area contributed by atoms with Crippen molar-refractivity contribution in [1.82, 2.24) is 9.66 Å². The number of nitrogens with zero attached hydrogens (tertiary/aromatic N) is 3. The van der Waals surface area contributed by atoms with Crippen LogP contribution in [0.3, 0.4) is 0 Å². The second kappa shape index (κ2) is 9.71. The van der Waals surface area contributed by atoms with Gasteiger partial charge in [0.25, 0.3) is 5.56 Å². The number of ether oxygens (including phenoxy) is 1. The molecule has 4 rings (SSSR count). The fourth-order valence-electron chi connectivity index (χ4n) is 3.72. The van der Waals surface area contributed by atoms with Crippen LogP contribution in [0.5, 0.6) is 5.75 Å². The topological polar surface area (TPSA) is 56.5 Å². The van der Waals surface area contributed by atoms with Crippen LogP contribution in [0.15, 0.2) is 69.0 Å². The van der Waals surface area contributed by atoms with Gasteiger partial charge in [-0.25, -0.2) is 4.98 Å². The van der Waals surface area contributed by atoms with Crippen LogP contribution < -0.4 is 10.3 Å². The van der Waals surface area contributed by atoms with Crippen LogP contribution in [-0.4, -0.2) is 22.5 Å². The molecular weight excluding hydrogens is 490 g/mol. The first kappa shape index (κ1) is 24.1. The molecule has 0 spiro atoms. The monoisotopic (exact) mass is 519 g/mol. The van der Waals surface area contributed by atoms with Crippen molar-refractivity contribution in [1.29, 1.82) is 0 Å². The number of halogens is 1. The first-order chi connectivity index (χ1) is 16.2. The van der Waals surface area contributed by atoms with Crippen molar-refractivity contribution >= 4 is 43.8 Å². The maximum atomic E-state index is 13.5. The number of fused-ring (bicyclic) bond motifs is 2. The third kappa shape index (κ3) is 5.07.